The van der Waals surface area contributed by atoms with Crippen LogP contribution >= 0.6 is 0 Å². The highest BCUT2D eigenvalue weighted by molar-refractivity contribution is 5.35. The third-order valence-corrected chi connectivity index (χ3v) is 2.51. The van der Waals surface area contributed by atoms with Gasteiger partial charge in [0.2, 0.25) is 0 Å². The van der Waals surface area contributed by atoms with Gasteiger partial charge in [0.05, 0.1) is 12.8 Å². The van der Waals surface area contributed by atoms with Crippen LogP contribution in [0.4, 0.5) is 0 Å². The third kappa shape index (κ3) is 2.79. The Morgan fingerprint density at radius 1 is 1.24 bits per heavy atom. The molecule has 4 heteroatoms. The number of aromatic nitrogens is 2. The van der Waals surface area contributed by atoms with E-state index >= 15 is 0 Å². The van der Waals surface area contributed by atoms with Crippen LogP contribution in [0.2, 0.25) is 0 Å². The topological polar surface area (TPSA) is 61.0 Å². The molecule has 2 rings (SSSR count). The molecule has 0 spiro atoms. The Kier molecular flexibility index (Phi) is 3.67. The Hall–Kier alpha value is -1.94. The molecule has 17 heavy (non-hydrogen) atoms. The monoisotopic (exact) mass is 229 g/mol. The highest BCUT2D eigenvalue weighted by Crippen LogP contribution is 2.19. The van der Waals surface area contributed by atoms with Gasteiger partial charge in [-0.25, -0.2) is 9.97 Å². The number of hydrogen-bond acceptors (Lipinski definition) is 4. The molecule has 0 bridgehead atoms. The van der Waals surface area contributed by atoms with E-state index in [-0.39, 0.29) is 0 Å². The van der Waals surface area contributed by atoms with Crippen LogP contribution in [0.5, 0.6) is 5.75 Å². The Labute approximate surface area is 100 Å². The molecule has 1 heterocycles. The molecule has 0 saturated carbocycles. The molecule has 0 amide bonds. The standard InChI is InChI=1S/C13H15N3O/c1-17-12-5-3-2-4-10(12)8-13-15-7-6-11(9-14)16-13/h2-7H,8-9,14H2,1H3. The van der Waals surface area contributed by atoms with Crippen molar-refractivity contribution in [2.75, 3.05) is 7.11 Å². The third-order valence-electron chi connectivity index (χ3n) is 2.51. The average Bonchev–Trinajstić information content (AvgIpc) is 2.39. The molecule has 1 aromatic heterocycles. The van der Waals surface area contributed by atoms with Crippen molar-refractivity contribution in [1.29, 1.82) is 0 Å². The number of benzene rings is 1. The lowest BCUT2D eigenvalue weighted by atomic mass is 10.1. The van der Waals surface area contributed by atoms with Crippen LogP contribution in [0, 0.1) is 0 Å². The minimum atomic E-state index is 0.432. The van der Waals surface area contributed by atoms with E-state index in [0.717, 1.165) is 22.8 Å². The van der Waals surface area contributed by atoms with Crippen molar-refractivity contribution in [3.8, 4) is 5.75 Å². The van der Waals surface area contributed by atoms with Gasteiger partial charge in [-0.05, 0) is 12.1 Å². The van der Waals surface area contributed by atoms with E-state index in [9.17, 15) is 0 Å². The van der Waals surface area contributed by atoms with E-state index < -0.39 is 0 Å². The second-order valence-electron chi connectivity index (χ2n) is 3.66. The molecule has 2 aromatic rings. The molecule has 1 aromatic carbocycles. The summed E-state index contributed by atoms with van der Waals surface area (Å²) in [5, 5.41) is 0. The maximum Gasteiger partial charge on any atom is 0.133 e. The molecular weight excluding hydrogens is 214 g/mol. The second kappa shape index (κ2) is 5.41. The van der Waals surface area contributed by atoms with Gasteiger partial charge in [-0.3, -0.25) is 0 Å². The number of ether oxygens (including phenoxy) is 1. The SMILES string of the molecule is COc1ccccc1Cc1nccc(CN)n1. The number of nitrogens with two attached hydrogens (primary N) is 1. The minimum Gasteiger partial charge on any atom is -0.496 e. The molecular formula is C13H15N3O. The molecule has 0 unspecified atom stereocenters. The first-order valence-electron chi connectivity index (χ1n) is 5.46. The van der Waals surface area contributed by atoms with Gasteiger partial charge in [0.1, 0.15) is 11.6 Å². The maximum absolute atomic E-state index is 5.55. The highest BCUT2D eigenvalue weighted by Gasteiger charge is 2.05. The van der Waals surface area contributed by atoms with Crippen molar-refractivity contribution in [2.24, 2.45) is 5.73 Å². The second-order valence-corrected chi connectivity index (χ2v) is 3.66. The molecule has 88 valence electrons. The molecule has 4 nitrogen and oxygen atoms in total. The van der Waals surface area contributed by atoms with Gasteiger partial charge in [-0.2, -0.15) is 0 Å². The first-order chi connectivity index (χ1) is 8.33. The molecule has 0 atom stereocenters. The number of nitrogens with zero attached hydrogens (tertiary/aromatic N) is 2. The first-order valence-corrected chi connectivity index (χ1v) is 5.46. The zero-order valence-corrected chi connectivity index (χ0v) is 9.76. The van der Waals surface area contributed by atoms with Gasteiger partial charge in [-0.15, -0.1) is 0 Å². The quantitative estimate of drug-likeness (QED) is 0.863. The molecule has 0 fully saturated rings. The van der Waals surface area contributed by atoms with Gasteiger partial charge in [0, 0.05) is 24.7 Å². The van der Waals surface area contributed by atoms with E-state index in [1.54, 1.807) is 13.3 Å². The first kappa shape index (κ1) is 11.5. The smallest absolute Gasteiger partial charge is 0.133 e. The number of para-hydroxylation sites is 1. The van der Waals surface area contributed by atoms with Crippen LogP contribution in [0.1, 0.15) is 17.1 Å². The molecule has 0 radical (unpaired) electrons. The maximum atomic E-state index is 5.55. The van der Waals surface area contributed by atoms with Crippen LogP contribution in [0.25, 0.3) is 0 Å². The Bertz CT molecular complexity index is 500. The minimum absolute atomic E-state index is 0.432. The molecule has 0 saturated heterocycles. The summed E-state index contributed by atoms with van der Waals surface area (Å²) in [5.41, 5.74) is 7.48. The van der Waals surface area contributed by atoms with Crippen molar-refractivity contribution in [3.63, 3.8) is 0 Å². The number of rotatable bonds is 4. The van der Waals surface area contributed by atoms with Crippen LogP contribution < -0.4 is 10.5 Å². The normalized spacial score (nSPS) is 10.2. The predicted molar refractivity (Wildman–Crippen MR) is 65.7 cm³/mol. The van der Waals surface area contributed by atoms with E-state index in [1.165, 1.54) is 0 Å². The number of hydrogen-bond donors (Lipinski definition) is 1. The van der Waals surface area contributed by atoms with Crippen LogP contribution in [-0.2, 0) is 13.0 Å². The fraction of sp³-hybridized carbons (Fsp3) is 0.231. The molecule has 0 aliphatic rings. The van der Waals surface area contributed by atoms with Crippen LogP contribution in [-0.4, -0.2) is 17.1 Å². The molecule has 0 aliphatic carbocycles. The lowest BCUT2D eigenvalue weighted by molar-refractivity contribution is 0.410. The highest BCUT2D eigenvalue weighted by atomic mass is 16.5. The van der Waals surface area contributed by atoms with E-state index in [0.29, 0.717) is 13.0 Å². The summed E-state index contributed by atoms with van der Waals surface area (Å²) in [6, 6.07) is 9.69. The van der Waals surface area contributed by atoms with Crippen molar-refractivity contribution < 1.29 is 4.74 Å². The van der Waals surface area contributed by atoms with Crippen molar-refractivity contribution >= 4 is 0 Å². The van der Waals surface area contributed by atoms with Gasteiger partial charge < -0.3 is 10.5 Å². The summed E-state index contributed by atoms with van der Waals surface area (Å²) >= 11 is 0. The van der Waals surface area contributed by atoms with E-state index in [1.807, 2.05) is 30.3 Å². The summed E-state index contributed by atoms with van der Waals surface area (Å²) in [6.45, 7) is 0.432. The predicted octanol–water partition coefficient (Wildman–Crippen LogP) is 1.53. The van der Waals surface area contributed by atoms with E-state index in [4.69, 9.17) is 10.5 Å². The van der Waals surface area contributed by atoms with Crippen LogP contribution in [0.3, 0.4) is 0 Å². The largest absolute Gasteiger partial charge is 0.496 e. The Morgan fingerprint density at radius 2 is 2.06 bits per heavy atom. The van der Waals surface area contributed by atoms with Crippen molar-refractivity contribution in [3.05, 3.63) is 53.6 Å². The van der Waals surface area contributed by atoms with Crippen LogP contribution in [0.15, 0.2) is 36.5 Å². The van der Waals surface area contributed by atoms with E-state index in [2.05, 4.69) is 9.97 Å². The molecule has 0 aliphatic heterocycles. The summed E-state index contributed by atoms with van der Waals surface area (Å²) in [5.74, 6) is 1.62. The summed E-state index contributed by atoms with van der Waals surface area (Å²) in [7, 11) is 1.66. The molecule has 2 N–H and O–H groups in total. The summed E-state index contributed by atoms with van der Waals surface area (Å²) < 4.78 is 5.29. The van der Waals surface area contributed by atoms with Gasteiger partial charge in [-0.1, -0.05) is 18.2 Å². The Morgan fingerprint density at radius 3 is 2.82 bits per heavy atom. The van der Waals surface area contributed by atoms with Crippen molar-refractivity contribution in [2.45, 2.75) is 13.0 Å². The Balaban J connectivity index is 2.24. The summed E-state index contributed by atoms with van der Waals surface area (Å²) in [4.78, 5) is 8.61. The lowest BCUT2D eigenvalue weighted by Gasteiger charge is -2.07. The average molecular weight is 229 g/mol. The summed E-state index contributed by atoms with van der Waals surface area (Å²) in [6.07, 6.45) is 2.39. The fourth-order valence-corrected chi connectivity index (χ4v) is 1.66. The fourth-order valence-electron chi connectivity index (χ4n) is 1.66. The zero-order chi connectivity index (χ0) is 12.1. The van der Waals surface area contributed by atoms with Gasteiger partial charge in [0.15, 0.2) is 0 Å². The zero-order valence-electron chi connectivity index (χ0n) is 9.76. The number of methoxy groups -OCH3 is 1. The lowest BCUT2D eigenvalue weighted by Crippen LogP contribution is -2.04. The van der Waals surface area contributed by atoms with Gasteiger partial charge in [0.25, 0.3) is 0 Å². The van der Waals surface area contributed by atoms with Gasteiger partial charge >= 0.3 is 0 Å². The van der Waals surface area contributed by atoms with Crippen molar-refractivity contribution in [1.82, 2.24) is 9.97 Å².